The summed E-state index contributed by atoms with van der Waals surface area (Å²) in [6, 6.07) is 11.6. The molecule has 2 aromatic rings. The fourth-order valence-electron chi connectivity index (χ4n) is 3.09. The van der Waals surface area contributed by atoms with Gasteiger partial charge in [-0.1, -0.05) is 29.8 Å². The van der Waals surface area contributed by atoms with E-state index in [4.69, 9.17) is 4.74 Å². The molecule has 0 spiro atoms. The van der Waals surface area contributed by atoms with Gasteiger partial charge in [-0.3, -0.25) is 0 Å². The van der Waals surface area contributed by atoms with E-state index in [1.807, 2.05) is 37.3 Å². The molecule has 1 heterocycles. The number of nitrogens with zero attached hydrogens (tertiary/aromatic N) is 1. The minimum Gasteiger partial charge on any atom is -0.506 e. The van der Waals surface area contributed by atoms with Crippen LogP contribution in [0.2, 0.25) is 0 Å². The van der Waals surface area contributed by atoms with Crippen molar-refractivity contribution in [2.45, 2.75) is 26.7 Å². The van der Waals surface area contributed by atoms with E-state index in [-0.39, 0.29) is 17.9 Å². The molecule has 1 aliphatic rings. The number of phenols is 1. The fourth-order valence-corrected chi connectivity index (χ4v) is 3.09. The number of hydrogen-bond acceptors (Lipinski definition) is 4. The molecule has 126 valence electrons. The zero-order valence-corrected chi connectivity index (χ0v) is 14.2. The molecule has 0 atom stereocenters. The van der Waals surface area contributed by atoms with Crippen LogP contribution in [0, 0.1) is 6.92 Å². The number of ether oxygens (including phenoxy) is 1. The largest absolute Gasteiger partial charge is 0.506 e. The quantitative estimate of drug-likeness (QED) is 0.858. The van der Waals surface area contributed by atoms with Crippen molar-refractivity contribution >= 4 is 11.7 Å². The molecular formula is C20H23NO3. The summed E-state index contributed by atoms with van der Waals surface area (Å²) < 4.78 is 5.12. The number of benzene rings is 2. The summed E-state index contributed by atoms with van der Waals surface area (Å²) in [5.41, 5.74) is 3.91. The van der Waals surface area contributed by atoms with Gasteiger partial charge in [0.2, 0.25) is 0 Å². The smallest absolute Gasteiger partial charge is 0.342 e. The van der Waals surface area contributed by atoms with Crippen molar-refractivity contribution in [1.29, 1.82) is 0 Å². The van der Waals surface area contributed by atoms with Gasteiger partial charge in [0.1, 0.15) is 11.3 Å². The van der Waals surface area contributed by atoms with Crippen LogP contribution in [0.25, 0.3) is 11.1 Å². The van der Waals surface area contributed by atoms with E-state index in [1.165, 1.54) is 0 Å². The molecular weight excluding hydrogens is 302 g/mol. The molecule has 0 bridgehead atoms. The van der Waals surface area contributed by atoms with Gasteiger partial charge in [-0.25, -0.2) is 4.79 Å². The summed E-state index contributed by atoms with van der Waals surface area (Å²) in [5.74, 6) is -0.496. The zero-order valence-electron chi connectivity index (χ0n) is 14.2. The van der Waals surface area contributed by atoms with Crippen LogP contribution in [0.4, 0.5) is 5.69 Å². The highest BCUT2D eigenvalue weighted by atomic mass is 16.5. The summed E-state index contributed by atoms with van der Waals surface area (Å²) in [4.78, 5) is 14.5. The van der Waals surface area contributed by atoms with Gasteiger partial charge in [0.25, 0.3) is 0 Å². The molecule has 0 aromatic heterocycles. The number of carbonyl (C=O) groups is 1. The third-order valence-electron chi connectivity index (χ3n) is 4.42. The molecule has 4 heteroatoms. The van der Waals surface area contributed by atoms with Gasteiger partial charge in [-0.15, -0.1) is 0 Å². The number of phenolic OH excluding ortho intramolecular Hbond substituents is 1. The summed E-state index contributed by atoms with van der Waals surface area (Å²) in [6.45, 7) is 6.02. The molecule has 24 heavy (non-hydrogen) atoms. The second-order valence-corrected chi connectivity index (χ2v) is 6.17. The second-order valence-electron chi connectivity index (χ2n) is 6.17. The number of esters is 1. The molecule has 0 saturated carbocycles. The molecule has 0 amide bonds. The topological polar surface area (TPSA) is 49.8 Å². The number of carbonyl (C=O) groups excluding carboxylic acids is 1. The maximum atomic E-state index is 12.3. The number of hydrogen-bond donors (Lipinski definition) is 1. The maximum Gasteiger partial charge on any atom is 0.342 e. The number of rotatable bonds is 4. The lowest BCUT2D eigenvalue weighted by Crippen LogP contribution is -2.18. The lowest BCUT2D eigenvalue weighted by Gasteiger charge is -2.21. The number of aromatic hydroxyl groups is 1. The maximum absolute atomic E-state index is 12.3. The van der Waals surface area contributed by atoms with E-state index >= 15 is 0 Å². The molecule has 1 aliphatic heterocycles. The number of aryl methyl sites for hydroxylation is 1. The normalized spacial score (nSPS) is 14.0. The fraction of sp³-hybridized carbons (Fsp3) is 0.350. The van der Waals surface area contributed by atoms with Gasteiger partial charge in [0.15, 0.2) is 0 Å². The second kappa shape index (κ2) is 6.95. The minimum absolute atomic E-state index is 0.0137. The van der Waals surface area contributed by atoms with Crippen LogP contribution >= 0.6 is 0 Å². The first kappa shape index (κ1) is 16.4. The molecule has 0 aliphatic carbocycles. The highest BCUT2D eigenvalue weighted by molar-refractivity contribution is 5.97. The molecule has 1 saturated heterocycles. The molecule has 4 nitrogen and oxygen atoms in total. The Kier molecular flexibility index (Phi) is 4.74. The van der Waals surface area contributed by atoms with Gasteiger partial charge in [-0.2, -0.15) is 0 Å². The van der Waals surface area contributed by atoms with Crippen LogP contribution in [0.1, 0.15) is 35.7 Å². The molecule has 1 fully saturated rings. The molecule has 0 radical (unpaired) electrons. The van der Waals surface area contributed by atoms with Gasteiger partial charge in [0, 0.05) is 24.3 Å². The van der Waals surface area contributed by atoms with E-state index in [0.717, 1.165) is 42.7 Å². The Labute approximate surface area is 142 Å². The Hall–Kier alpha value is -2.49. The van der Waals surface area contributed by atoms with Crippen LogP contribution in [-0.2, 0) is 4.74 Å². The Morgan fingerprint density at radius 2 is 1.83 bits per heavy atom. The van der Waals surface area contributed by atoms with E-state index in [0.29, 0.717) is 5.56 Å². The lowest BCUT2D eigenvalue weighted by molar-refractivity contribution is 0.0523. The van der Waals surface area contributed by atoms with Crippen molar-refractivity contribution in [1.82, 2.24) is 0 Å². The van der Waals surface area contributed by atoms with Crippen LogP contribution < -0.4 is 4.90 Å². The van der Waals surface area contributed by atoms with Crippen LogP contribution in [0.5, 0.6) is 5.75 Å². The SMILES string of the molecule is CCOC(=O)c1cc(N2CCCC2)cc(-c2ccc(C)cc2)c1O. The van der Waals surface area contributed by atoms with E-state index in [1.54, 1.807) is 13.0 Å². The predicted molar refractivity (Wildman–Crippen MR) is 95.7 cm³/mol. The predicted octanol–water partition coefficient (Wildman–Crippen LogP) is 4.14. The van der Waals surface area contributed by atoms with Crippen molar-refractivity contribution in [3.8, 4) is 16.9 Å². The van der Waals surface area contributed by atoms with Crippen molar-refractivity contribution in [3.05, 3.63) is 47.5 Å². The van der Waals surface area contributed by atoms with E-state index < -0.39 is 5.97 Å². The standard InChI is InChI=1S/C20H23NO3/c1-3-24-20(23)18-13-16(21-10-4-5-11-21)12-17(19(18)22)15-8-6-14(2)7-9-15/h6-9,12-13,22H,3-5,10-11H2,1-2H3. The summed E-state index contributed by atoms with van der Waals surface area (Å²) >= 11 is 0. The molecule has 2 aromatic carbocycles. The number of anilines is 1. The zero-order chi connectivity index (χ0) is 17.1. The minimum atomic E-state index is -0.482. The highest BCUT2D eigenvalue weighted by Gasteiger charge is 2.22. The molecule has 0 unspecified atom stereocenters. The van der Waals surface area contributed by atoms with Crippen molar-refractivity contribution in [2.75, 3.05) is 24.6 Å². The first-order valence-electron chi connectivity index (χ1n) is 8.46. The Morgan fingerprint density at radius 1 is 1.17 bits per heavy atom. The average molecular weight is 325 g/mol. The third kappa shape index (κ3) is 3.23. The van der Waals surface area contributed by atoms with E-state index in [9.17, 15) is 9.90 Å². The first-order valence-corrected chi connectivity index (χ1v) is 8.46. The first-order chi connectivity index (χ1) is 11.6. The van der Waals surface area contributed by atoms with Crippen LogP contribution in [-0.4, -0.2) is 30.8 Å². The van der Waals surface area contributed by atoms with Crippen LogP contribution in [0.15, 0.2) is 36.4 Å². The van der Waals surface area contributed by atoms with Crippen molar-refractivity contribution < 1.29 is 14.6 Å². The van der Waals surface area contributed by atoms with Gasteiger partial charge in [-0.05, 0) is 44.4 Å². The highest BCUT2D eigenvalue weighted by Crippen LogP contribution is 2.37. The summed E-state index contributed by atoms with van der Waals surface area (Å²) in [7, 11) is 0. The summed E-state index contributed by atoms with van der Waals surface area (Å²) in [5, 5.41) is 10.7. The monoisotopic (exact) mass is 325 g/mol. The Balaban J connectivity index is 2.11. The Bertz CT molecular complexity index is 731. The Morgan fingerprint density at radius 3 is 2.46 bits per heavy atom. The van der Waals surface area contributed by atoms with Crippen molar-refractivity contribution in [3.63, 3.8) is 0 Å². The van der Waals surface area contributed by atoms with Gasteiger partial charge < -0.3 is 14.7 Å². The molecule has 3 rings (SSSR count). The van der Waals surface area contributed by atoms with Gasteiger partial charge >= 0.3 is 5.97 Å². The van der Waals surface area contributed by atoms with Crippen LogP contribution in [0.3, 0.4) is 0 Å². The van der Waals surface area contributed by atoms with E-state index in [2.05, 4.69) is 4.90 Å². The lowest BCUT2D eigenvalue weighted by atomic mass is 9.99. The summed E-state index contributed by atoms with van der Waals surface area (Å²) in [6.07, 6.45) is 2.30. The third-order valence-corrected chi connectivity index (χ3v) is 4.42. The molecule has 1 N–H and O–H groups in total. The van der Waals surface area contributed by atoms with Gasteiger partial charge in [0.05, 0.1) is 6.61 Å². The average Bonchev–Trinajstić information content (AvgIpc) is 3.11. The van der Waals surface area contributed by atoms with Crippen molar-refractivity contribution in [2.24, 2.45) is 0 Å².